The number of fused-ring (bicyclic) bond motifs is 1. The lowest BCUT2D eigenvalue weighted by Crippen LogP contribution is -2.46. The van der Waals surface area contributed by atoms with Gasteiger partial charge in [-0.3, -0.25) is 4.79 Å². The molecule has 23 heavy (non-hydrogen) atoms. The summed E-state index contributed by atoms with van der Waals surface area (Å²) in [7, 11) is 0. The minimum atomic E-state index is 0.178. The number of piperidine rings is 1. The normalized spacial score (nSPS) is 27.5. The maximum absolute atomic E-state index is 12.3. The number of carbonyl (C=O) groups excluding carboxylic acids is 1. The van der Waals surface area contributed by atoms with Crippen LogP contribution in [0, 0.1) is 12.3 Å². The number of hydrogen-bond acceptors (Lipinski definition) is 4. The van der Waals surface area contributed by atoms with Crippen molar-refractivity contribution < 1.29 is 9.53 Å². The molecule has 1 amide bonds. The van der Waals surface area contributed by atoms with Gasteiger partial charge in [-0.05, 0) is 51.0 Å². The van der Waals surface area contributed by atoms with Crippen molar-refractivity contribution in [2.75, 3.05) is 19.8 Å². The van der Waals surface area contributed by atoms with Gasteiger partial charge in [0.25, 0.3) is 0 Å². The highest BCUT2D eigenvalue weighted by Gasteiger charge is 2.41. The third-order valence-corrected chi connectivity index (χ3v) is 5.70. The van der Waals surface area contributed by atoms with Crippen molar-refractivity contribution >= 4 is 5.91 Å². The van der Waals surface area contributed by atoms with Gasteiger partial charge in [-0.25, -0.2) is 9.97 Å². The third-order valence-electron chi connectivity index (χ3n) is 5.70. The van der Waals surface area contributed by atoms with Crippen LogP contribution < -0.4 is 0 Å². The Morgan fingerprint density at radius 3 is 2.87 bits per heavy atom. The third kappa shape index (κ3) is 2.87. The van der Waals surface area contributed by atoms with E-state index in [2.05, 4.69) is 6.92 Å². The Labute approximate surface area is 137 Å². The minimum absolute atomic E-state index is 0.178. The molecule has 5 nitrogen and oxygen atoms in total. The topological polar surface area (TPSA) is 55.3 Å². The van der Waals surface area contributed by atoms with Gasteiger partial charge in [0.2, 0.25) is 5.91 Å². The monoisotopic (exact) mass is 315 g/mol. The molecule has 0 aromatic carbocycles. The first kappa shape index (κ1) is 15.1. The van der Waals surface area contributed by atoms with Crippen molar-refractivity contribution in [1.29, 1.82) is 0 Å². The number of nitrogens with zero attached hydrogens (tertiary/aromatic N) is 3. The highest BCUT2D eigenvalue weighted by atomic mass is 16.5. The van der Waals surface area contributed by atoms with Gasteiger partial charge >= 0.3 is 0 Å². The molecule has 4 rings (SSSR count). The Kier molecular flexibility index (Phi) is 3.84. The van der Waals surface area contributed by atoms with Crippen LogP contribution in [0.4, 0.5) is 0 Å². The Morgan fingerprint density at radius 2 is 2.04 bits per heavy atom. The summed E-state index contributed by atoms with van der Waals surface area (Å²) in [6.07, 6.45) is 7.28. The van der Waals surface area contributed by atoms with Crippen molar-refractivity contribution in [3.63, 3.8) is 0 Å². The van der Waals surface area contributed by atoms with Gasteiger partial charge in [-0.1, -0.05) is 0 Å². The fourth-order valence-electron chi connectivity index (χ4n) is 4.30. The number of amides is 1. The van der Waals surface area contributed by atoms with Crippen LogP contribution >= 0.6 is 0 Å². The van der Waals surface area contributed by atoms with Crippen LogP contribution in [0.2, 0.25) is 0 Å². The van der Waals surface area contributed by atoms with Crippen molar-refractivity contribution in [3.8, 4) is 0 Å². The highest BCUT2D eigenvalue weighted by molar-refractivity contribution is 5.77. The van der Waals surface area contributed by atoms with Crippen LogP contribution in [0.5, 0.6) is 0 Å². The Hall–Kier alpha value is -1.49. The number of hydrogen-bond donors (Lipinski definition) is 0. The predicted octanol–water partition coefficient (Wildman–Crippen LogP) is 2.19. The van der Waals surface area contributed by atoms with E-state index >= 15 is 0 Å². The number of rotatable bonds is 2. The molecule has 0 N–H and O–H groups in total. The van der Waals surface area contributed by atoms with Crippen molar-refractivity contribution in [3.05, 3.63) is 22.8 Å². The molecule has 0 saturated carbocycles. The van der Waals surface area contributed by atoms with E-state index in [4.69, 9.17) is 14.7 Å². The van der Waals surface area contributed by atoms with Crippen LogP contribution in [-0.4, -0.2) is 40.5 Å². The smallest absolute Gasteiger partial charge is 0.223 e. The molecular formula is C18H25N3O2. The molecule has 1 spiro atoms. The quantitative estimate of drug-likeness (QED) is 0.839. The Bertz CT molecular complexity index is 623. The summed E-state index contributed by atoms with van der Waals surface area (Å²) < 4.78 is 5.60. The first-order valence-electron chi connectivity index (χ1n) is 8.86. The Morgan fingerprint density at radius 1 is 1.17 bits per heavy atom. The molecule has 3 heterocycles. The number of aromatic nitrogens is 2. The minimum Gasteiger partial charge on any atom is -0.381 e. The standard InChI is InChI=1S/C18H25N3O2/c1-13-14-4-2-3-5-15(14)20-16(19-13)10-21-11-18(7-6-17(21)22)8-9-23-12-18/h2-12H2,1H3/t18-/m1/s1. The summed E-state index contributed by atoms with van der Waals surface area (Å²) in [5.41, 5.74) is 3.83. The summed E-state index contributed by atoms with van der Waals surface area (Å²) in [6.45, 7) is 5.05. The SMILES string of the molecule is Cc1nc(CN2C[C@]3(CCOC3)CCC2=O)nc2c1CCCC2. The maximum Gasteiger partial charge on any atom is 0.223 e. The molecule has 2 fully saturated rings. The van der Waals surface area contributed by atoms with E-state index in [0.717, 1.165) is 57.0 Å². The fraction of sp³-hybridized carbons (Fsp3) is 0.722. The lowest BCUT2D eigenvalue weighted by Gasteiger charge is -2.39. The molecule has 1 aromatic heterocycles. The van der Waals surface area contributed by atoms with Crippen LogP contribution in [0.3, 0.4) is 0 Å². The molecule has 3 aliphatic rings. The molecule has 2 saturated heterocycles. The predicted molar refractivity (Wildman–Crippen MR) is 85.9 cm³/mol. The van der Waals surface area contributed by atoms with Crippen molar-refractivity contribution in [1.82, 2.24) is 14.9 Å². The second-order valence-electron chi connectivity index (χ2n) is 7.41. The second-order valence-corrected chi connectivity index (χ2v) is 7.41. The zero-order valence-corrected chi connectivity index (χ0v) is 13.9. The van der Waals surface area contributed by atoms with Crippen LogP contribution in [0.25, 0.3) is 0 Å². The van der Waals surface area contributed by atoms with Gasteiger partial charge in [0.05, 0.1) is 13.2 Å². The largest absolute Gasteiger partial charge is 0.381 e. The lowest BCUT2D eigenvalue weighted by atomic mass is 9.79. The van der Waals surface area contributed by atoms with Gasteiger partial charge in [-0.15, -0.1) is 0 Å². The number of carbonyl (C=O) groups is 1. The molecule has 2 aliphatic heterocycles. The highest BCUT2D eigenvalue weighted by Crippen LogP contribution is 2.38. The van der Waals surface area contributed by atoms with E-state index in [1.54, 1.807) is 0 Å². The van der Waals surface area contributed by atoms with Crippen molar-refractivity contribution in [2.45, 2.75) is 58.4 Å². The molecular weight excluding hydrogens is 290 g/mol. The zero-order valence-electron chi connectivity index (χ0n) is 13.9. The second kappa shape index (κ2) is 5.86. The summed E-state index contributed by atoms with van der Waals surface area (Å²) in [5, 5.41) is 0. The summed E-state index contributed by atoms with van der Waals surface area (Å²) in [5.74, 6) is 1.05. The lowest BCUT2D eigenvalue weighted by molar-refractivity contribution is -0.138. The van der Waals surface area contributed by atoms with E-state index in [0.29, 0.717) is 13.0 Å². The van der Waals surface area contributed by atoms with Gasteiger partial charge in [0.15, 0.2) is 0 Å². The van der Waals surface area contributed by atoms with Crippen LogP contribution in [0.15, 0.2) is 0 Å². The van der Waals surface area contributed by atoms with Crippen molar-refractivity contribution in [2.24, 2.45) is 5.41 Å². The number of likely N-dealkylation sites (tertiary alicyclic amines) is 1. The van der Waals surface area contributed by atoms with E-state index in [1.165, 1.54) is 24.1 Å². The molecule has 1 aliphatic carbocycles. The molecule has 1 atom stereocenters. The summed E-state index contributed by atoms with van der Waals surface area (Å²) >= 11 is 0. The molecule has 124 valence electrons. The Balaban J connectivity index is 1.54. The van der Waals surface area contributed by atoms with E-state index < -0.39 is 0 Å². The van der Waals surface area contributed by atoms with Gasteiger partial charge in [0.1, 0.15) is 5.82 Å². The maximum atomic E-state index is 12.3. The van der Waals surface area contributed by atoms with Gasteiger partial charge < -0.3 is 9.64 Å². The zero-order chi connectivity index (χ0) is 15.9. The average molecular weight is 315 g/mol. The first-order chi connectivity index (χ1) is 11.2. The van der Waals surface area contributed by atoms with Gasteiger partial charge in [0, 0.05) is 36.4 Å². The average Bonchev–Trinajstić information content (AvgIpc) is 3.00. The van der Waals surface area contributed by atoms with Crippen LogP contribution in [0.1, 0.15) is 54.9 Å². The molecule has 0 unspecified atom stereocenters. The summed E-state index contributed by atoms with van der Waals surface area (Å²) in [4.78, 5) is 23.8. The van der Waals surface area contributed by atoms with Crippen LogP contribution in [-0.2, 0) is 28.9 Å². The van der Waals surface area contributed by atoms with Gasteiger partial charge in [-0.2, -0.15) is 0 Å². The molecule has 0 radical (unpaired) electrons. The molecule has 1 aromatic rings. The number of ether oxygens (including phenoxy) is 1. The number of aryl methyl sites for hydroxylation is 2. The molecule has 5 heteroatoms. The first-order valence-corrected chi connectivity index (χ1v) is 8.86. The van der Waals surface area contributed by atoms with E-state index in [-0.39, 0.29) is 11.3 Å². The molecule has 0 bridgehead atoms. The fourth-order valence-corrected chi connectivity index (χ4v) is 4.30. The summed E-state index contributed by atoms with van der Waals surface area (Å²) in [6, 6.07) is 0. The van der Waals surface area contributed by atoms with E-state index in [1.807, 2.05) is 4.90 Å². The van der Waals surface area contributed by atoms with E-state index in [9.17, 15) is 4.79 Å².